The molecule has 1 N–H and O–H groups in total. The summed E-state index contributed by atoms with van der Waals surface area (Å²) >= 11 is 3.38. The van der Waals surface area contributed by atoms with Crippen LogP contribution in [-0.4, -0.2) is 5.91 Å². The molecule has 0 aromatic heterocycles. The Morgan fingerprint density at radius 2 is 1.89 bits per heavy atom. The molecule has 0 spiro atoms. The minimum Gasteiger partial charge on any atom is -0.322 e. The standard InChI is InChI=1S/C15H13BrFNO/c1-9-5-11(16)8-13(6-9)18-15(19)14-4-3-12(17)7-10(14)2/h3-8H,1-2H3,(H,18,19). The number of amides is 1. The summed E-state index contributed by atoms with van der Waals surface area (Å²) in [6.07, 6.45) is 0. The average molecular weight is 322 g/mol. The highest BCUT2D eigenvalue weighted by molar-refractivity contribution is 9.10. The van der Waals surface area contributed by atoms with Gasteiger partial charge in [0.2, 0.25) is 0 Å². The lowest BCUT2D eigenvalue weighted by molar-refractivity contribution is 0.102. The summed E-state index contributed by atoms with van der Waals surface area (Å²) in [5.74, 6) is -0.581. The zero-order valence-electron chi connectivity index (χ0n) is 10.6. The van der Waals surface area contributed by atoms with E-state index in [0.717, 1.165) is 10.0 Å². The Balaban J connectivity index is 2.25. The van der Waals surface area contributed by atoms with Gasteiger partial charge in [0, 0.05) is 15.7 Å². The van der Waals surface area contributed by atoms with Crippen molar-refractivity contribution in [3.05, 3.63) is 63.4 Å². The van der Waals surface area contributed by atoms with Crippen LogP contribution in [-0.2, 0) is 0 Å². The second-order valence-electron chi connectivity index (χ2n) is 4.43. The normalized spacial score (nSPS) is 10.3. The first kappa shape index (κ1) is 13.7. The van der Waals surface area contributed by atoms with Crippen molar-refractivity contribution in [1.29, 1.82) is 0 Å². The van der Waals surface area contributed by atoms with Gasteiger partial charge >= 0.3 is 0 Å². The van der Waals surface area contributed by atoms with Gasteiger partial charge in [0.15, 0.2) is 0 Å². The van der Waals surface area contributed by atoms with Crippen molar-refractivity contribution in [3.8, 4) is 0 Å². The first-order valence-electron chi connectivity index (χ1n) is 5.80. The van der Waals surface area contributed by atoms with Gasteiger partial charge in [-0.3, -0.25) is 4.79 Å². The number of anilines is 1. The van der Waals surface area contributed by atoms with Gasteiger partial charge in [-0.15, -0.1) is 0 Å². The van der Waals surface area contributed by atoms with Crippen molar-refractivity contribution >= 4 is 27.5 Å². The van der Waals surface area contributed by atoms with Gasteiger partial charge < -0.3 is 5.32 Å². The van der Waals surface area contributed by atoms with Crippen molar-refractivity contribution in [2.24, 2.45) is 0 Å². The molecule has 0 fully saturated rings. The second-order valence-corrected chi connectivity index (χ2v) is 5.35. The van der Waals surface area contributed by atoms with Crippen LogP contribution in [0.1, 0.15) is 21.5 Å². The van der Waals surface area contributed by atoms with Crippen LogP contribution in [0.4, 0.5) is 10.1 Å². The minimum atomic E-state index is -0.340. The van der Waals surface area contributed by atoms with Crippen LogP contribution in [0, 0.1) is 19.7 Å². The lowest BCUT2D eigenvalue weighted by Gasteiger charge is -2.09. The lowest BCUT2D eigenvalue weighted by atomic mass is 10.1. The minimum absolute atomic E-state index is 0.241. The maximum absolute atomic E-state index is 13.0. The maximum Gasteiger partial charge on any atom is 0.255 e. The molecular weight excluding hydrogens is 309 g/mol. The number of hydrogen-bond acceptors (Lipinski definition) is 1. The zero-order valence-corrected chi connectivity index (χ0v) is 12.2. The fourth-order valence-corrected chi connectivity index (χ4v) is 2.50. The van der Waals surface area contributed by atoms with Crippen LogP contribution in [0.15, 0.2) is 40.9 Å². The van der Waals surface area contributed by atoms with E-state index in [-0.39, 0.29) is 11.7 Å². The van der Waals surface area contributed by atoms with Crippen molar-refractivity contribution in [3.63, 3.8) is 0 Å². The number of carbonyl (C=O) groups is 1. The third-order valence-corrected chi connectivity index (χ3v) is 3.19. The summed E-state index contributed by atoms with van der Waals surface area (Å²) in [4.78, 5) is 12.1. The molecule has 19 heavy (non-hydrogen) atoms. The number of halogens is 2. The van der Waals surface area contributed by atoms with Crippen LogP contribution < -0.4 is 5.32 Å². The fourth-order valence-electron chi connectivity index (χ4n) is 1.89. The quantitative estimate of drug-likeness (QED) is 0.869. The van der Waals surface area contributed by atoms with E-state index in [1.54, 1.807) is 6.92 Å². The number of rotatable bonds is 2. The second kappa shape index (κ2) is 5.53. The summed E-state index contributed by atoms with van der Waals surface area (Å²) in [6, 6.07) is 9.78. The summed E-state index contributed by atoms with van der Waals surface area (Å²) in [7, 11) is 0. The van der Waals surface area contributed by atoms with Gasteiger partial charge in [0.05, 0.1) is 0 Å². The van der Waals surface area contributed by atoms with E-state index in [9.17, 15) is 9.18 Å². The van der Waals surface area contributed by atoms with Crippen LogP contribution in [0.2, 0.25) is 0 Å². The summed E-state index contributed by atoms with van der Waals surface area (Å²) in [6.45, 7) is 3.66. The molecule has 0 heterocycles. The molecule has 0 radical (unpaired) electrons. The highest BCUT2D eigenvalue weighted by Gasteiger charge is 2.10. The Morgan fingerprint density at radius 3 is 2.53 bits per heavy atom. The fraction of sp³-hybridized carbons (Fsp3) is 0.133. The Hall–Kier alpha value is -1.68. The van der Waals surface area contributed by atoms with Gasteiger partial charge in [-0.25, -0.2) is 4.39 Å². The molecule has 2 aromatic rings. The third kappa shape index (κ3) is 3.41. The van der Waals surface area contributed by atoms with Crippen LogP contribution in [0.3, 0.4) is 0 Å². The van der Waals surface area contributed by atoms with Crippen molar-refractivity contribution < 1.29 is 9.18 Å². The number of carbonyl (C=O) groups excluding carboxylic acids is 1. The molecule has 0 unspecified atom stereocenters. The predicted molar refractivity (Wildman–Crippen MR) is 78.0 cm³/mol. The highest BCUT2D eigenvalue weighted by Crippen LogP contribution is 2.20. The Labute approximate surface area is 119 Å². The van der Waals surface area contributed by atoms with Gasteiger partial charge in [-0.2, -0.15) is 0 Å². The van der Waals surface area contributed by atoms with Gasteiger partial charge in [0.25, 0.3) is 5.91 Å². The van der Waals surface area contributed by atoms with Crippen molar-refractivity contribution in [2.45, 2.75) is 13.8 Å². The molecular formula is C15H13BrFNO. The van der Waals surface area contributed by atoms with Crippen LogP contribution >= 0.6 is 15.9 Å². The Kier molecular flexibility index (Phi) is 4.00. The molecule has 0 saturated carbocycles. The molecule has 0 atom stereocenters. The number of hydrogen-bond donors (Lipinski definition) is 1. The summed E-state index contributed by atoms with van der Waals surface area (Å²) in [5, 5.41) is 2.81. The predicted octanol–water partition coefficient (Wildman–Crippen LogP) is 4.46. The number of benzene rings is 2. The van der Waals surface area contributed by atoms with E-state index in [4.69, 9.17) is 0 Å². The first-order chi connectivity index (χ1) is 8.95. The first-order valence-corrected chi connectivity index (χ1v) is 6.60. The molecule has 2 rings (SSSR count). The smallest absolute Gasteiger partial charge is 0.255 e. The molecule has 0 aliphatic rings. The lowest BCUT2D eigenvalue weighted by Crippen LogP contribution is -2.13. The highest BCUT2D eigenvalue weighted by atomic mass is 79.9. The van der Waals surface area contributed by atoms with Crippen molar-refractivity contribution in [2.75, 3.05) is 5.32 Å². The third-order valence-electron chi connectivity index (χ3n) is 2.73. The molecule has 2 aromatic carbocycles. The molecule has 4 heteroatoms. The SMILES string of the molecule is Cc1cc(Br)cc(NC(=O)c2ccc(F)cc2C)c1. The van der Waals surface area contributed by atoms with E-state index in [1.165, 1.54) is 18.2 Å². The zero-order chi connectivity index (χ0) is 14.0. The summed E-state index contributed by atoms with van der Waals surface area (Å²) in [5.41, 5.74) is 2.84. The Bertz CT molecular complexity index is 620. The van der Waals surface area contributed by atoms with Gasteiger partial charge in [-0.05, 0) is 61.4 Å². The van der Waals surface area contributed by atoms with E-state index in [1.807, 2.05) is 25.1 Å². The molecule has 0 bridgehead atoms. The molecule has 98 valence electrons. The molecule has 0 aliphatic carbocycles. The Morgan fingerprint density at radius 1 is 1.16 bits per heavy atom. The molecule has 0 saturated heterocycles. The molecule has 1 amide bonds. The topological polar surface area (TPSA) is 29.1 Å². The average Bonchev–Trinajstić information content (AvgIpc) is 2.26. The number of nitrogens with one attached hydrogen (secondary N) is 1. The van der Waals surface area contributed by atoms with Crippen molar-refractivity contribution in [1.82, 2.24) is 0 Å². The van der Waals surface area contributed by atoms with E-state index >= 15 is 0 Å². The van der Waals surface area contributed by atoms with E-state index in [2.05, 4.69) is 21.2 Å². The monoisotopic (exact) mass is 321 g/mol. The largest absolute Gasteiger partial charge is 0.322 e. The molecule has 0 aliphatic heterocycles. The van der Waals surface area contributed by atoms with Gasteiger partial charge in [0.1, 0.15) is 5.82 Å². The van der Waals surface area contributed by atoms with Crippen LogP contribution in [0.5, 0.6) is 0 Å². The van der Waals surface area contributed by atoms with E-state index < -0.39 is 0 Å². The van der Waals surface area contributed by atoms with Crippen LogP contribution in [0.25, 0.3) is 0 Å². The maximum atomic E-state index is 13.0. The number of aryl methyl sites for hydroxylation is 2. The molecule has 2 nitrogen and oxygen atoms in total. The summed E-state index contributed by atoms with van der Waals surface area (Å²) < 4.78 is 13.9. The van der Waals surface area contributed by atoms with E-state index in [0.29, 0.717) is 16.8 Å². The van der Waals surface area contributed by atoms with Gasteiger partial charge in [-0.1, -0.05) is 15.9 Å².